The van der Waals surface area contributed by atoms with Crippen molar-refractivity contribution in [3.63, 3.8) is 0 Å². The maximum Gasteiger partial charge on any atom is 0.181 e. The van der Waals surface area contributed by atoms with Crippen LogP contribution >= 0.6 is 0 Å². The van der Waals surface area contributed by atoms with Crippen LogP contribution in [-0.2, 0) is 0 Å². The van der Waals surface area contributed by atoms with Gasteiger partial charge in [0.2, 0.25) is 0 Å². The number of rotatable bonds is 5. The highest BCUT2D eigenvalue weighted by molar-refractivity contribution is 5.63. The van der Waals surface area contributed by atoms with E-state index in [-0.39, 0.29) is 6.04 Å². The lowest BCUT2D eigenvalue weighted by Gasteiger charge is -2.24. The molecule has 0 radical (unpaired) electrons. The van der Waals surface area contributed by atoms with Crippen molar-refractivity contribution in [2.24, 2.45) is 5.92 Å². The third kappa shape index (κ3) is 3.19. The summed E-state index contributed by atoms with van der Waals surface area (Å²) in [6.45, 7) is 4.45. The predicted octanol–water partition coefficient (Wildman–Crippen LogP) is 5.15. The molecule has 3 nitrogen and oxygen atoms in total. The highest BCUT2D eigenvalue weighted by Crippen LogP contribution is 2.28. The maximum atomic E-state index is 5.37. The average Bonchev–Trinajstić information content (AvgIpc) is 3.08. The Morgan fingerprint density at radius 3 is 2.50 bits per heavy atom. The molecule has 3 rings (SSSR count). The number of hydrogen-bond acceptors (Lipinski definition) is 3. The molecule has 0 fully saturated rings. The molecule has 0 aliphatic carbocycles. The van der Waals surface area contributed by atoms with E-state index in [0.29, 0.717) is 5.92 Å². The third-order valence-corrected chi connectivity index (χ3v) is 3.73. The zero-order chi connectivity index (χ0) is 15.4. The Morgan fingerprint density at radius 2 is 1.82 bits per heavy atom. The van der Waals surface area contributed by atoms with Crippen molar-refractivity contribution in [2.75, 3.05) is 5.32 Å². The average molecular weight is 292 g/mol. The predicted molar refractivity (Wildman–Crippen MR) is 89.6 cm³/mol. The minimum Gasteiger partial charge on any atom is -0.444 e. The SMILES string of the molecule is CC(C)C(Nc1cccc(-c2cnco2)c1)c1ccccc1. The number of benzene rings is 2. The van der Waals surface area contributed by atoms with Gasteiger partial charge in [-0.25, -0.2) is 4.98 Å². The first-order valence-electron chi connectivity index (χ1n) is 7.54. The van der Waals surface area contributed by atoms with Crippen molar-refractivity contribution < 1.29 is 4.42 Å². The number of oxazole rings is 1. The Labute approximate surface area is 131 Å². The summed E-state index contributed by atoms with van der Waals surface area (Å²) >= 11 is 0. The smallest absolute Gasteiger partial charge is 0.181 e. The van der Waals surface area contributed by atoms with E-state index in [1.165, 1.54) is 12.0 Å². The van der Waals surface area contributed by atoms with Gasteiger partial charge >= 0.3 is 0 Å². The van der Waals surface area contributed by atoms with Crippen LogP contribution < -0.4 is 5.32 Å². The highest BCUT2D eigenvalue weighted by atomic mass is 16.3. The first kappa shape index (κ1) is 14.4. The molecule has 1 aromatic heterocycles. The van der Waals surface area contributed by atoms with Gasteiger partial charge in [0.25, 0.3) is 0 Å². The van der Waals surface area contributed by atoms with Crippen LogP contribution in [-0.4, -0.2) is 4.98 Å². The Hall–Kier alpha value is -2.55. The van der Waals surface area contributed by atoms with Gasteiger partial charge < -0.3 is 9.73 Å². The molecule has 22 heavy (non-hydrogen) atoms. The summed E-state index contributed by atoms with van der Waals surface area (Å²) in [5, 5.41) is 3.64. The van der Waals surface area contributed by atoms with E-state index in [4.69, 9.17) is 4.42 Å². The fraction of sp³-hybridized carbons (Fsp3) is 0.211. The van der Waals surface area contributed by atoms with E-state index in [0.717, 1.165) is 17.0 Å². The first-order valence-corrected chi connectivity index (χ1v) is 7.54. The van der Waals surface area contributed by atoms with Crippen LogP contribution in [0, 0.1) is 5.92 Å². The molecule has 0 saturated heterocycles. The van der Waals surface area contributed by atoms with Crippen LogP contribution in [0.4, 0.5) is 5.69 Å². The molecule has 0 saturated carbocycles. The minimum atomic E-state index is 0.270. The zero-order valence-electron chi connectivity index (χ0n) is 12.9. The van der Waals surface area contributed by atoms with Crippen LogP contribution in [0.1, 0.15) is 25.5 Å². The monoisotopic (exact) mass is 292 g/mol. The summed E-state index contributed by atoms with van der Waals surface area (Å²) in [6.07, 6.45) is 3.19. The Bertz CT molecular complexity index is 705. The van der Waals surface area contributed by atoms with E-state index >= 15 is 0 Å². The molecule has 0 aliphatic heterocycles. The third-order valence-electron chi connectivity index (χ3n) is 3.73. The van der Waals surface area contributed by atoms with Crippen molar-refractivity contribution in [3.05, 3.63) is 72.8 Å². The maximum absolute atomic E-state index is 5.37. The second kappa shape index (κ2) is 6.48. The molecule has 1 N–H and O–H groups in total. The molecular formula is C19H20N2O. The van der Waals surface area contributed by atoms with Gasteiger partial charge in [0, 0.05) is 11.3 Å². The van der Waals surface area contributed by atoms with Crippen molar-refractivity contribution in [2.45, 2.75) is 19.9 Å². The van der Waals surface area contributed by atoms with Gasteiger partial charge in [0.05, 0.1) is 12.2 Å². The van der Waals surface area contributed by atoms with Gasteiger partial charge in [-0.1, -0.05) is 56.3 Å². The molecule has 0 spiro atoms. The van der Waals surface area contributed by atoms with E-state index in [1.54, 1.807) is 6.20 Å². The number of nitrogens with zero attached hydrogens (tertiary/aromatic N) is 1. The lowest BCUT2D eigenvalue weighted by molar-refractivity contribution is 0.546. The zero-order valence-corrected chi connectivity index (χ0v) is 12.9. The van der Waals surface area contributed by atoms with Crippen molar-refractivity contribution in [3.8, 4) is 11.3 Å². The van der Waals surface area contributed by atoms with Crippen LogP contribution in [0.2, 0.25) is 0 Å². The Kier molecular flexibility index (Phi) is 4.24. The van der Waals surface area contributed by atoms with Gasteiger partial charge in [-0.05, 0) is 23.6 Å². The molecule has 1 unspecified atom stereocenters. The second-order valence-corrected chi connectivity index (χ2v) is 5.72. The summed E-state index contributed by atoms with van der Waals surface area (Å²) in [5.41, 5.74) is 3.40. The molecule has 3 heteroatoms. The Morgan fingerprint density at radius 1 is 1.00 bits per heavy atom. The van der Waals surface area contributed by atoms with E-state index < -0.39 is 0 Å². The van der Waals surface area contributed by atoms with Crippen LogP contribution in [0.5, 0.6) is 0 Å². The molecule has 0 aliphatic rings. The van der Waals surface area contributed by atoms with Gasteiger partial charge in [0.15, 0.2) is 12.2 Å². The molecule has 3 aromatic rings. The quantitative estimate of drug-likeness (QED) is 0.706. The summed E-state index contributed by atoms with van der Waals surface area (Å²) < 4.78 is 5.37. The lowest BCUT2D eigenvalue weighted by Crippen LogP contribution is -2.16. The fourth-order valence-corrected chi connectivity index (χ4v) is 2.60. The molecule has 112 valence electrons. The summed E-state index contributed by atoms with van der Waals surface area (Å²) in [7, 11) is 0. The van der Waals surface area contributed by atoms with Gasteiger partial charge in [-0.3, -0.25) is 0 Å². The lowest BCUT2D eigenvalue weighted by atomic mass is 9.95. The number of nitrogens with one attached hydrogen (secondary N) is 1. The summed E-state index contributed by atoms with van der Waals surface area (Å²) in [5.74, 6) is 1.26. The number of hydrogen-bond donors (Lipinski definition) is 1. The number of aromatic nitrogens is 1. The van der Waals surface area contributed by atoms with Crippen LogP contribution in [0.15, 0.2) is 71.6 Å². The highest BCUT2D eigenvalue weighted by Gasteiger charge is 2.15. The first-order chi connectivity index (χ1) is 10.7. The topological polar surface area (TPSA) is 38.1 Å². The number of anilines is 1. The second-order valence-electron chi connectivity index (χ2n) is 5.72. The van der Waals surface area contributed by atoms with Crippen molar-refractivity contribution >= 4 is 5.69 Å². The molecule has 1 atom stereocenters. The molecule has 0 bridgehead atoms. The fourth-order valence-electron chi connectivity index (χ4n) is 2.60. The summed E-state index contributed by atoms with van der Waals surface area (Å²) in [4.78, 5) is 3.98. The van der Waals surface area contributed by atoms with Crippen LogP contribution in [0.3, 0.4) is 0 Å². The Balaban J connectivity index is 1.86. The van der Waals surface area contributed by atoms with E-state index in [2.05, 4.69) is 60.5 Å². The normalized spacial score (nSPS) is 12.3. The van der Waals surface area contributed by atoms with E-state index in [9.17, 15) is 0 Å². The van der Waals surface area contributed by atoms with Crippen molar-refractivity contribution in [1.29, 1.82) is 0 Å². The minimum absolute atomic E-state index is 0.270. The largest absolute Gasteiger partial charge is 0.444 e. The van der Waals surface area contributed by atoms with E-state index in [1.807, 2.05) is 18.2 Å². The molecular weight excluding hydrogens is 272 g/mol. The van der Waals surface area contributed by atoms with Gasteiger partial charge in [-0.15, -0.1) is 0 Å². The molecule has 1 heterocycles. The van der Waals surface area contributed by atoms with Gasteiger partial charge in [-0.2, -0.15) is 0 Å². The molecule has 0 amide bonds. The summed E-state index contributed by atoms with van der Waals surface area (Å²) in [6, 6.07) is 19.0. The molecule has 2 aromatic carbocycles. The van der Waals surface area contributed by atoms with Crippen LogP contribution in [0.25, 0.3) is 11.3 Å². The van der Waals surface area contributed by atoms with Gasteiger partial charge in [0.1, 0.15) is 0 Å². The standard InChI is InChI=1S/C19H20N2O/c1-14(2)19(15-7-4-3-5-8-15)21-17-10-6-9-16(11-17)18-12-20-13-22-18/h3-14,19,21H,1-2H3. The van der Waals surface area contributed by atoms with Crippen molar-refractivity contribution in [1.82, 2.24) is 4.98 Å².